The number of hydrogen-bond acceptors (Lipinski definition) is 3. The molecule has 0 radical (unpaired) electrons. The molecule has 0 aromatic carbocycles. The van der Waals surface area contributed by atoms with E-state index in [4.69, 9.17) is 5.73 Å². The minimum absolute atomic E-state index is 0.111. The first kappa shape index (κ1) is 13.9. The summed E-state index contributed by atoms with van der Waals surface area (Å²) in [5.41, 5.74) is 5.84. The van der Waals surface area contributed by atoms with Crippen molar-refractivity contribution in [3.8, 4) is 0 Å². The minimum Gasteiger partial charge on any atom is -0.334 e. The molecule has 2 N–H and O–H groups in total. The molecular formula is C14H20FN3O. The quantitative estimate of drug-likeness (QED) is 0.885. The first-order valence-electron chi connectivity index (χ1n) is 6.85. The summed E-state index contributed by atoms with van der Waals surface area (Å²) in [6, 6.07) is 3.00. The maximum Gasteiger partial charge on any atom is 0.272 e. The van der Waals surface area contributed by atoms with Crippen molar-refractivity contribution >= 4 is 5.91 Å². The smallest absolute Gasteiger partial charge is 0.272 e. The summed E-state index contributed by atoms with van der Waals surface area (Å²) in [5.74, 6) is -0.536. The molecule has 5 heteroatoms. The van der Waals surface area contributed by atoms with E-state index in [0.29, 0.717) is 18.8 Å². The van der Waals surface area contributed by atoms with Gasteiger partial charge in [-0.1, -0.05) is 12.8 Å². The van der Waals surface area contributed by atoms with Crippen molar-refractivity contribution in [1.29, 1.82) is 0 Å². The van der Waals surface area contributed by atoms with Gasteiger partial charge in [0, 0.05) is 12.6 Å². The Balaban J connectivity index is 2.11. The number of nitrogens with two attached hydrogens (primary N) is 1. The predicted octanol–water partition coefficient (Wildman–Crippen LogP) is 1.95. The lowest BCUT2D eigenvalue weighted by atomic mass is 10.1. The Morgan fingerprint density at radius 3 is 2.74 bits per heavy atom. The van der Waals surface area contributed by atoms with Gasteiger partial charge < -0.3 is 10.6 Å². The first-order chi connectivity index (χ1) is 9.22. The number of amides is 1. The van der Waals surface area contributed by atoms with Gasteiger partial charge >= 0.3 is 0 Å². The fourth-order valence-electron chi connectivity index (χ4n) is 2.58. The Morgan fingerprint density at radius 2 is 2.16 bits per heavy atom. The van der Waals surface area contributed by atoms with Crippen LogP contribution in [0.25, 0.3) is 0 Å². The number of pyridine rings is 1. The molecule has 4 nitrogen and oxygen atoms in total. The van der Waals surface area contributed by atoms with Crippen LogP contribution in [-0.4, -0.2) is 34.9 Å². The van der Waals surface area contributed by atoms with Crippen LogP contribution in [0.3, 0.4) is 0 Å². The van der Waals surface area contributed by atoms with Gasteiger partial charge in [-0.25, -0.2) is 9.37 Å². The van der Waals surface area contributed by atoms with E-state index in [1.54, 1.807) is 0 Å². The van der Waals surface area contributed by atoms with Crippen LogP contribution in [0.1, 0.15) is 42.6 Å². The van der Waals surface area contributed by atoms with Gasteiger partial charge in [-0.2, -0.15) is 0 Å². The van der Waals surface area contributed by atoms with E-state index >= 15 is 0 Å². The minimum atomic E-state index is -0.425. The van der Waals surface area contributed by atoms with Crippen molar-refractivity contribution < 1.29 is 9.18 Å². The monoisotopic (exact) mass is 265 g/mol. The molecular weight excluding hydrogens is 245 g/mol. The SMILES string of the molecule is NCCCN(C(=O)c1ccc(F)cn1)C1CCCC1. The molecule has 0 atom stereocenters. The highest BCUT2D eigenvalue weighted by atomic mass is 19.1. The van der Waals surface area contributed by atoms with Crippen LogP contribution < -0.4 is 5.73 Å². The third kappa shape index (κ3) is 3.50. The number of rotatable bonds is 5. The maximum atomic E-state index is 12.9. The molecule has 19 heavy (non-hydrogen) atoms. The van der Waals surface area contributed by atoms with Gasteiger partial charge in [0.25, 0.3) is 5.91 Å². The van der Waals surface area contributed by atoms with Crippen LogP contribution in [0.4, 0.5) is 4.39 Å². The van der Waals surface area contributed by atoms with Crippen LogP contribution >= 0.6 is 0 Å². The summed E-state index contributed by atoms with van der Waals surface area (Å²) >= 11 is 0. The van der Waals surface area contributed by atoms with Crippen LogP contribution in [0.2, 0.25) is 0 Å². The molecule has 1 aromatic rings. The van der Waals surface area contributed by atoms with Gasteiger partial charge in [0.1, 0.15) is 11.5 Å². The molecule has 1 fully saturated rings. The van der Waals surface area contributed by atoms with Crippen LogP contribution in [0, 0.1) is 5.82 Å². The van der Waals surface area contributed by atoms with Crippen molar-refractivity contribution in [3.63, 3.8) is 0 Å². The van der Waals surface area contributed by atoms with Crippen molar-refractivity contribution in [2.45, 2.75) is 38.1 Å². The molecule has 0 unspecified atom stereocenters. The lowest BCUT2D eigenvalue weighted by Crippen LogP contribution is -2.40. The molecule has 1 aliphatic carbocycles. The number of aromatic nitrogens is 1. The van der Waals surface area contributed by atoms with Gasteiger partial charge in [0.05, 0.1) is 6.20 Å². The average Bonchev–Trinajstić information content (AvgIpc) is 2.94. The molecule has 104 valence electrons. The fraction of sp³-hybridized carbons (Fsp3) is 0.571. The number of halogens is 1. The lowest BCUT2D eigenvalue weighted by Gasteiger charge is -2.28. The fourth-order valence-corrected chi connectivity index (χ4v) is 2.58. The summed E-state index contributed by atoms with van der Waals surface area (Å²) in [6.45, 7) is 1.21. The van der Waals surface area contributed by atoms with E-state index < -0.39 is 5.82 Å². The first-order valence-corrected chi connectivity index (χ1v) is 6.85. The van der Waals surface area contributed by atoms with Crippen molar-refractivity contribution in [2.75, 3.05) is 13.1 Å². The number of hydrogen-bond donors (Lipinski definition) is 1. The van der Waals surface area contributed by atoms with Gasteiger partial charge in [-0.05, 0) is 37.9 Å². The Labute approximate surface area is 112 Å². The molecule has 1 aliphatic rings. The highest BCUT2D eigenvalue weighted by molar-refractivity contribution is 5.92. The topological polar surface area (TPSA) is 59.2 Å². The zero-order chi connectivity index (χ0) is 13.7. The molecule has 0 bridgehead atoms. The summed E-state index contributed by atoms with van der Waals surface area (Å²) < 4.78 is 12.9. The Morgan fingerprint density at radius 1 is 1.42 bits per heavy atom. The summed E-state index contributed by atoms with van der Waals surface area (Å²) in [5, 5.41) is 0. The second kappa shape index (κ2) is 6.61. The molecule has 1 saturated carbocycles. The van der Waals surface area contributed by atoms with E-state index in [2.05, 4.69) is 4.98 Å². The summed E-state index contributed by atoms with van der Waals surface area (Å²) in [4.78, 5) is 18.2. The molecule has 1 heterocycles. The van der Waals surface area contributed by atoms with Gasteiger partial charge in [0.2, 0.25) is 0 Å². The van der Waals surface area contributed by atoms with Crippen molar-refractivity contribution in [1.82, 2.24) is 9.88 Å². The average molecular weight is 265 g/mol. The normalized spacial score (nSPS) is 15.7. The van der Waals surface area contributed by atoms with E-state index in [-0.39, 0.29) is 11.9 Å². The molecule has 0 spiro atoms. The van der Waals surface area contributed by atoms with Crippen LogP contribution in [-0.2, 0) is 0 Å². The highest BCUT2D eigenvalue weighted by Crippen LogP contribution is 2.24. The molecule has 2 rings (SSSR count). The third-order valence-electron chi connectivity index (χ3n) is 3.58. The number of nitrogens with zero attached hydrogens (tertiary/aromatic N) is 2. The van der Waals surface area contributed by atoms with E-state index in [1.807, 2.05) is 4.90 Å². The summed E-state index contributed by atoms with van der Waals surface area (Å²) in [7, 11) is 0. The highest BCUT2D eigenvalue weighted by Gasteiger charge is 2.27. The Kier molecular flexibility index (Phi) is 4.85. The molecule has 0 saturated heterocycles. The van der Waals surface area contributed by atoms with Gasteiger partial charge in [-0.15, -0.1) is 0 Å². The predicted molar refractivity (Wildman–Crippen MR) is 71.2 cm³/mol. The van der Waals surface area contributed by atoms with Crippen molar-refractivity contribution in [2.24, 2.45) is 5.73 Å². The number of carbonyl (C=O) groups excluding carboxylic acids is 1. The van der Waals surface area contributed by atoms with Crippen LogP contribution in [0.15, 0.2) is 18.3 Å². The third-order valence-corrected chi connectivity index (χ3v) is 3.58. The number of carbonyl (C=O) groups is 1. The maximum absolute atomic E-state index is 12.9. The largest absolute Gasteiger partial charge is 0.334 e. The lowest BCUT2D eigenvalue weighted by molar-refractivity contribution is 0.0674. The Bertz CT molecular complexity index is 415. The van der Waals surface area contributed by atoms with E-state index in [9.17, 15) is 9.18 Å². The van der Waals surface area contributed by atoms with Gasteiger partial charge in [-0.3, -0.25) is 4.79 Å². The molecule has 1 amide bonds. The molecule has 1 aromatic heterocycles. The Hall–Kier alpha value is -1.49. The van der Waals surface area contributed by atoms with Crippen LogP contribution in [0.5, 0.6) is 0 Å². The van der Waals surface area contributed by atoms with E-state index in [1.165, 1.54) is 12.1 Å². The second-order valence-corrected chi connectivity index (χ2v) is 4.94. The zero-order valence-corrected chi connectivity index (χ0v) is 11.0. The zero-order valence-electron chi connectivity index (χ0n) is 11.0. The molecule has 0 aliphatic heterocycles. The standard InChI is InChI=1S/C14H20FN3O/c15-11-6-7-13(17-10-11)14(19)18(9-3-8-16)12-4-1-2-5-12/h6-7,10,12H,1-5,8-9,16H2. The summed E-state index contributed by atoms with van der Waals surface area (Å²) in [6.07, 6.45) is 6.27. The van der Waals surface area contributed by atoms with Crippen molar-refractivity contribution in [3.05, 3.63) is 29.8 Å². The second-order valence-electron chi connectivity index (χ2n) is 4.94. The van der Waals surface area contributed by atoms with E-state index in [0.717, 1.165) is 38.3 Å². The van der Waals surface area contributed by atoms with Gasteiger partial charge in [0.15, 0.2) is 0 Å².